The molecule has 0 unspecified atom stereocenters. The van der Waals surface area contributed by atoms with Gasteiger partial charge in [0.1, 0.15) is 0 Å². The third-order valence-electron chi connectivity index (χ3n) is 0.215. The highest BCUT2D eigenvalue weighted by Crippen LogP contribution is 1.55. The Bertz CT molecular complexity index is 34.6. The average molecular weight is 65.7 g/mol. The summed E-state index contributed by atoms with van der Waals surface area (Å²) in [4.78, 5) is 9.38. The first kappa shape index (κ1) is 4.80. The molecule has 0 aromatic heterocycles. The fourth-order valence-corrected chi connectivity index (χ4v) is 0. The van der Waals surface area contributed by atoms with E-state index in [0.29, 0.717) is 6.19 Å². The van der Waals surface area contributed by atoms with Crippen molar-refractivity contribution in [1.82, 2.24) is 0 Å². The summed E-state index contributed by atoms with van der Waals surface area (Å²) >= 11 is 0. The lowest BCUT2D eigenvalue weighted by molar-refractivity contribution is 0.568. The number of hydrogen-bond acceptors (Lipinski definition) is 1. The monoisotopic (exact) mass is 66.0 g/mol. The van der Waals surface area contributed by atoms with Crippen LogP contribution in [0.1, 0.15) is 0 Å². The van der Waals surface area contributed by atoms with Crippen molar-refractivity contribution in [2.45, 2.75) is 6.82 Å². The summed E-state index contributed by atoms with van der Waals surface area (Å²) in [7, 11) is 4.92. The minimum absolute atomic E-state index is 0.296. The number of rotatable bonds is 1. The summed E-state index contributed by atoms with van der Waals surface area (Å²) in [6.45, 7) is 1.34. The van der Waals surface area contributed by atoms with Gasteiger partial charge in [-0.15, -0.1) is 0 Å². The second kappa shape index (κ2) is 2.06. The van der Waals surface area contributed by atoms with Crippen molar-refractivity contribution in [2.75, 3.05) is 0 Å². The zero-order valence-electron chi connectivity index (χ0n) is 3.14. The lowest BCUT2D eigenvalue weighted by Crippen LogP contribution is -2.07. The van der Waals surface area contributed by atoms with Crippen LogP contribution in [0.4, 0.5) is 0 Å². The Labute approximate surface area is 33.2 Å². The minimum atomic E-state index is -0.296. The molecule has 3 heteroatoms. The largest absolute Gasteiger partial charge is 0.316 e. The zero-order chi connectivity index (χ0) is 4.28. The summed E-state index contributed by atoms with van der Waals surface area (Å²) in [5, 5.41) is 0. The SMILES string of the molecule is [B]B(C)C=O. The van der Waals surface area contributed by atoms with Gasteiger partial charge in [0.05, 0.1) is 6.19 Å². The van der Waals surface area contributed by atoms with Crippen molar-refractivity contribution in [3.05, 3.63) is 0 Å². The molecule has 0 fully saturated rings. The molecule has 0 saturated heterocycles. The lowest BCUT2D eigenvalue weighted by Gasteiger charge is -1.72. The first-order valence-corrected chi connectivity index (χ1v) is 1.48. The topological polar surface area (TPSA) is 17.1 Å². The Balaban J connectivity index is 2.83. The van der Waals surface area contributed by atoms with Gasteiger partial charge in [-0.05, 0) is 0 Å². The van der Waals surface area contributed by atoms with Gasteiger partial charge in [-0.25, -0.2) is 0 Å². The molecule has 1 nitrogen and oxygen atoms in total. The van der Waals surface area contributed by atoms with E-state index >= 15 is 0 Å². The van der Waals surface area contributed by atoms with Gasteiger partial charge in [0, 0.05) is 7.74 Å². The molecule has 24 valence electrons. The van der Waals surface area contributed by atoms with Crippen LogP contribution in [-0.2, 0) is 4.79 Å². The van der Waals surface area contributed by atoms with Crippen LogP contribution in [0.5, 0.6) is 0 Å². The van der Waals surface area contributed by atoms with Gasteiger partial charge in [-0.2, -0.15) is 0 Å². The van der Waals surface area contributed by atoms with Gasteiger partial charge in [0.15, 0.2) is 6.60 Å². The molecule has 0 aromatic rings. The van der Waals surface area contributed by atoms with Gasteiger partial charge in [-0.3, -0.25) is 0 Å². The predicted molar refractivity (Wildman–Crippen MR) is 24.1 cm³/mol. The molecule has 0 saturated carbocycles. The molecule has 0 aliphatic heterocycles. The van der Waals surface area contributed by atoms with Crippen molar-refractivity contribution in [3.8, 4) is 0 Å². The van der Waals surface area contributed by atoms with E-state index in [2.05, 4.69) is 0 Å². The van der Waals surface area contributed by atoms with E-state index in [1.54, 1.807) is 6.82 Å². The van der Waals surface area contributed by atoms with Crippen LogP contribution in [0.25, 0.3) is 0 Å². The van der Waals surface area contributed by atoms with Crippen LogP contribution >= 0.6 is 0 Å². The Morgan fingerprint density at radius 1 is 2.00 bits per heavy atom. The first-order chi connectivity index (χ1) is 2.27. The normalized spacial score (nSPS) is 6.60. The van der Waals surface area contributed by atoms with Crippen molar-refractivity contribution in [3.63, 3.8) is 0 Å². The van der Waals surface area contributed by atoms with Crippen LogP contribution in [0.3, 0.4) is 0 Å². The van der Waals surface area contributed by atoms with E-state index < -0.39 is 0 Å². The molecule has 5 heavy (non-hydrogen) atoms. The molecule has 0 amide bonds. The standard InChI is InChI=1S/C2H4B2O/c1-4(3)2-5/h2H,1H3. The molecule has 0 N–H and O–H groups in total. The van der Waals surface area contributed by atoms with Gasteiger partial charge >= 0.3 is 0 Å². The van der Waals surface area contributed by atoms with Crippen LogP contribution in [-0.4, -0.2) is 20.5 Å². The minimum Gasteiger partial charge on any atom is -0.316 e. The van der Waals surface area contributed by atoms with Gasteiger partial charge in [-0.1, -0.05) is 6.82 Å². The Kier molecular flexibility index (Phi) is 1.98. The van der Waals surface area contributed by atoms with E-state index in [1.807, 2.05) is 0 Å². The van der Waals surface area contributed by atoms with Gasteiger partial charge in [0.25, 0.3) is 0 Å². The lowest BCUT2D eigenvalue weighted by atomic mass is 9.36. The molecule has 2 radical (unpaired) electrons. The van der Waals surface area contributed by atoms with Crippen molar-refractivity contribution < 1.29 is 4.79 Å². The molecule has 0 atom stereocenters. The van der Waals surface area contributed by atoms with Crippen LogP contribution < -0.4 is 0 Å². The maximum Gasteiger partial charge on any atom is 0.165 e. The highest BCUT2D eigenvalue weighted by molar-refractivity contribution is 7.17. The molecular weight excluding hydrogens is 61.6 g/mol. The Hall–Kier alpha value is -0.200. The zero-order valence-corrected chi connectivity index (χ0v) is 3.14. The molecule has 0 aromatic carbocycles. The maximum absolute atomic E-state index is 9.38. The molecule has 0 aliphatic carbocycles. The van der Waals surface area contributed by atoms with Crippen LogP contribution in [0.2, 0.25) is 6.82 Å². The Morgan fingerprint density at radius 3 is 2.20 bits per heavy atom. The second-order valence-corrected chi connectivity index (χ2v) is 0.995. The van der Waals surface area contributed by atoms with Crippen LogP contribution in [0, 0.1) is 0 Å². The number of carbonyl (C=O) groups is 1. The Morgan fingerprint density at radius 2 is 2.20 bits per heavy atom. The molecule has 0 rings (SSSR count). The predicted octanol–water partition coefficient (Wildman–Crippen LogP) is -0.452. The van der Waals surface area contributed by atoms with Crippen molar-refractivity contribution in [2.24, 2.45) is 0 Å². The summed E-state index contributed by atoms with van der Waals surface area (Å²) in [5.74, 6) is 0. The maximum atomic E-state index is 9.38. The molecule has 0 aliphatic rings. The molecule has 0 heterocycles. The highest BCUT2D eigenvalue weighted by Gasteiger charge is 1.86. The smallest absolute Gasteiger partial charge is 0.165 e. The van der Waals surface area contributed by atoms with Crippen molar-refractivity contribution >= 4 is 20.5 Å². The second-order valence-electron chi connectivity index (χ2n) is 0.995. The fraction of sp³-hybridized carbons (Fsp3) is 0.500. The summed E-state index contributed by atoms with van der Waals surface area (Å²) in [5.41, 5.74) is 0. The number of hydrogen-bond donors (Lipinski definition) is 0. The molecule has 0 spiro atoms. The van der Waals surface area contributed by atoms with Gasteiger partial charge < -0.3 is 4.79 Å². The van der Waals surface area contributed by atoms with E-state index in [-0.39, 0.29) is 6.60 Å². The third-order valence-corrected chi connectivity index (χ3v) is 0.215. The van der Waals surface area contributed by atoms with Gasteiger partial charge in [0.2, 0.25) is 0 Å². The van der Waals surface area contributed by atoms with E-state index in [4.69, 9.17) is 7.74 Å². The molecule has 0 bridgehead atoms. The first-order valence-electron chi connectivity index (χ1n) is 1.48. The average Bonchev–Trinajstić information content (AvgIpc) is 1.38. The van der Waals surface area contributed by atoms with E-state index in [1.165, 1.54) is 0 Å². The summed E-state index contributed by atoms with van der Waals surface area (Å²) in [6, 6.07) is 0. The van der Waals surface area contributed by atoms with E-state index in [9.17, 15) is 4.79 Å². The fourth-order valence-electron chi connectivity index (χ4n) is 0. The highest BCUT2D eigenvalue weighted by atomic mass is 16.1. The van der Waals surface area contributed by atoms with E-state index in [0.717, 1.165) is 0 Å². The summed E-state index contributed by atoms with van der Waals surface area (Å²) < 4.78 is 0. The third kappa shape index (κ3) is 3.80. The summed E-state index contributed by atoms with van der Waals surface area (Å²) in [6.07, 6.45) is 0.694. The molecular formula is C2H4B2O. The quantitative estimate of drug-likeness (QED) is 0.299. The van der Waals surface area contributed by atoms with Crippen LogP contribution in [0.15, 0.2) is 0 Å². The van der Waals surface area contributed by atoms with Crippen molar-refractivity contribution in [1.29, 1.82) is 0 Å². The number of carbonyl (C=O) groups excluding carboxylic acids is 1.